The molecule has 0 saturated carbocycles. The van der Waals surface area contributed by atoms with Crippen LogP contribution in [0.15, 0.2) is 0 Å². The Kier molecular flexibility index (Phi) is 2.49. The van der Waals surface area contributed by atoms with Gasteiger partial charge < -0.3 is 20.1 Å². The van der Waals surface area contributed by atoms with Crippen molar-refractivity contribution in [3.63, 3.8) is 0 Å². The summed E-state index contributed by atoms with van der Waals surface area (Å²) >= 11 is 0. The summed E-state index contributed by atoms with van der Waals surface area (Å²) in [6.07, 6.45) is -3.26. The first kappa shape index (κ1) is 8.93. The second-order valence-electron chi connectivity index (χ2n) is 3.07. The summed E-state index contributed by atoms with van der Waals surface area (Å²) in [7, 11) is 0. The predicted octanol–water partition coefficient (Wildman–Crippen LogP) is -0.919. The third-order valence-corrected chi connectivity index (χ3v) is 2.17. The van der Waals surface area contributed by atoms with E-state index in [9.17, 15) is 10.2 Å². The number of aliphatic hydroxyl groups excluding tert-OH is 3. The van der Waals surface area contributed by atoms with E-state index in [2.05, 4.69) is 0 Å². The molecule has 1 saturated heterocycles. The van der Waals surface area contributed by atoms with E-state index in [1.165, 1.54) is 0 Å². The Hall–Kier alpha value is -0.160. The first-order chi connectivity index (χ1) is 5.04. The van der Waals surface area contributed by atoms with Crippen LogP contribution in [0.5, 0.6) is 0 Å². The van der Waals surface area contributed by atoms with E-state index in [1.807, 2.05) is 0 Å². The van der Waals surface area contributed by atoms with Gasteiger partial charge in [-0.1, -0.05) is 6.92 Å². The smallest absolute Gasteiger partial charge is 0.160 e. The molecule has 4 nitrogen and oxygen atoms in total. The van der Waals surface area contributed by atoms with Gasteiger partial charge in [-0.2, -0.15) is 0 Å². The maximum absolute atomic E-state index is 9.30. The molecule has 5 atom stereocenters. The van der Waals surface area contributed by atoms with Crippen molar-refractivity contribution in [1.82, 2.24) is 0 Å². The van der Waals surface area contributed by atoms with E-state index in [1.54, 1.807) is 13.8 Å². The quantitative estimate of drug-likeness (QED) is 0.431. The molecule has 1 heterocycles. The summed E-state index contributed by atoms with van der Waals surface area (Å²) in [4.78, 5) is 0. The molecule has 0 amide bonds. The van der Waals surface area contributed by atoms with Crippen molar-refractivity contribution < 1.29 is 20.1 Å². The van der Waals surface area contributed by atoms with Crippen molar-refractivity contribution in [2.45, 2.75) is 38.4 Å². The van der Waals surface area contributed by atoms with Crippen LogP contribution in [0.25, 0.3) is 0 Å². The minimum Gasteiger partial charge on any atom is -0.390 e. The molecule has 0 spiro atoms. The third-order valence-electron chi connectivity index (χ3n) is 2.17. The molecule has 0 aromatic carbocycles. The molecule has 1 aliphatic rings. The summed E-state index contributed by atoms with van der Waals surface area (Å²) < 4.78 is 4.93. The molecule has 2 unspecified atom stereocenters. The molecule has 0 bridgehead atoms. The van der Waals surface area contributed by atoms with Crippen LogP contribution in [0.2, 0.25) is 0 Å². The highest BCUT2D eigenvalue weighted by Crippen LogP contribution is 2.23. The van der Waals surface area contributed by atoms with Gasteiger partial charge in [-0.15, -0.1) is 0 Å². The van der Waals surface area contributed by atoms with E-state index in [0.717, 1.165) is 0 Å². The number of ether oxygens (including phenoxy) is 1. The maximum Gasteiger partial charge on any atom is 0.160 e. The molecular formula is C7H14O4. The van der Waals surface area contributed by atoms with Gasteiger partial charge in [0, 0.05) is 5.92 Å². The average molecular weight is 162 g/mol. The van der Waals surface area contributed by atoms with Gasteiger partial charge in [0.25, 0.3) is 0 Å². The Bertz CT molecular complexity index is 124. The lowest BCUT2D eigenvalue weighted by Crippen LogP contribution is -2.52. The molecule has 1 rings (SSSR count). The lowest BCUT2D eigenvalue weighted by molar-refractivity contribution is -0.255. The highest BCUT2D eigenvalue weighted by Gasteiger charge is 2.38. The first-order valence-electron chi connectivity index (χ1n) is 3.73. The van der Waals surface area contributed by atoms with E-state index < -0.39 is 30.5 Å². The molecule has 0 aliphatic carbocycles. The van der Waals surface area contributed by atoms with Crippen LogP contribution >= 0.6 is 0 Å². The fourth-order valence-electron chi connectivity index (χ4n) is 1.18. The lowest BCUT2D eigenvalue weighted by atomic mass is 9.93. The van der Waals surface area contributed by atoms with Gasteiger partial charge in [0.2, 0.25) is 0 Å². The highest BCUT2D eigenvalue weighted by molar-refractivity contribution is 4.84. The van der Waals surface area contributed by atoms with Crippen LogP contribution < -0.4 is 0 Å². The number of hydrogen-bond acceptors (Lipinski definition) is 4. The van der Waals surface area contributed by atoms with Crippen LogP contribution in [0, 0.1) is 5.92 Å². The highest BCUT2D eigenvalue weighted by atomic mass is 16.6. The van der Waals surface area contributed by atoms with Gasteiger partial charge in [-0.3, -0.25) is 0 Å². The van der Waals surface area contributed by atoms with Crippen LogP contribution in [-0.4, -0.2) is 39.9 Å². The Balaban J connectivity index is 2.63. The fourth-order valence-corrected chi connectivity index (χ4v) is 1.18. The van der Waals surface area contributed by atoms with E-state index >= 15 is 0 Å². The maximum atomic E-state index is 9.30. The van der Waals surface area contributed by atoms with Crippen molar-refractivity contribution in [3.8, 4) is 0 Å². The summed E-state index contributed by atoms with van der Waals surface area (Å²) in [5, 5.41) is 27.7. The Morgan fingerprint density at radius 3 is 2.09 bits per heavy atom. The topological polar surface area (TPSA) is 69.9 Å². The normalized spacial score (nSPS) is 52.6. The zero-order valence-corrected chi connectivity index (χ0v) is 6.64. The van der Waals surface area contributed by atoms with Crippen molar-refractivity contribution >= 4 is 0 Å². The number of hydrogen-bond donors (Lipinski definition) is 3. The molecule has 3 N–H and O–H groups in total. The molecule has 1 fully saturated rings. The second-order valence-corrected chi connectivity index (χ2v) is 3.07. The van der Waals surface area contributed by atoms with Gasteiger partial charge in [-0.25, -0.2) is 0 Å². The van der Waals surface area contributed by atoms with Gasteiger partial charge in [0.15, 0.2) is 6.29 Å². The zero-order chi connectivity index (χ0) is 8.59. The van der Waals surface area contributed by atoms with Crippen LogP contribution in [-0.2, 0) is 4.74 Å². The second kappa shape index (κ2) is 3.06. The van der Waals surface area contributed by atoms with Crippen molar-refractivity contribution in [2.24, 2.45) is 5.92 Å². The number of aliphatic hydroxyl groups is 3. The molecule has 0 radical (unpaired) electrons. The standard InChI is InChI=1S/C7H14O4/c1-3-5(8)6(9)4(2)11-7(3)10/h3-10H,1-2H3/t3?,4-,5+,6-,7?/m0/s1. The predicted molar refractivity (Wildman–Crippen MR) is 37.7 cm³/mol. The monoisotopic (exact) mass is 162 g/mol. The van der Waals surface area contributed by atoms with Crippen molar-refractivity contribution in [3.05, 3.63) is 0 Å². The lowest BCUT2D eigenvalue weighted by Gasteiger charge is -2.37. The summed E-state index contributed by atoms with van der Waals surface area (Å²) in [5.41, 5.74) is 0. The third kappa shape index (κ3) is 1.54. The Morgan fingerprint density at radius 1 is 1.00 bits per heavy atom. The minimum absolute atomic E-state index is 0.429. The molecule has 66 valence electrons. The largest absolute Gasteiger partial charge is 0.390 e. The van der Waals surface area contributed by atoms with Crippen LogP contribution in [0.4, 0.5) is 0 Å². The van der Waals surface area contributed by atoms with E-state index in [-0.39, 0.29) is 0 Å². The molecule has 1 aliphatic heterocycles. The van der Waals surface area contributed by atoms with Gasteiger partial charge in [0.1, 0.15) is 6.10 Å². The van der Waals surface area contributed by atoms with Crippen LogP contribution in [0.3, 0.4) is 0 Å². The molecule has 0 aromatic rings. The van der Waals surface area contributed by atoms with Gasteiger partial charge >= 0.3 is 0 Å². The van der Waals surface area contributed by atoms with Gasteiger partial charge in [-0.05, 0) is 6.92 Å². The zero-order valence-electron chi connectivity index (χ0n) is 6.64. The summed E-state index contributed by atoms with van der Waals surface area (Å²) in [6.45, 7) is 3.24. The van der Waals surface area contributed by atoms with Gasteiger partial charge in [0.05, 0.1) is 12.2 Å². The summed E-state index contributed by atoms with van der Waals surface area (Å²) in [6, 6.07) is 0. The average Bonchev–Trinajstić information content (AvgIpc) is 1.97. The van der Waals surface area contributed by atoms with Crippen molar-refractivity contribution in [1.29, 1.82) is 0 Å². The van der Waals surface area contributed by atoms with E-state index in [0.29, 0.717) is 0 Å². The Labute approximate surface area is 65.4 Å². The SMILES string of the molecule is CC1C(O)O[C@@H](C)[C@H](O)[C@@H]1O. The molecule has 4 heteroatoms. The minimum atomic E-state index is -0.969. The molecule has 11 heavy (non-hydrogen) atoms. The van der Waals surface area contributed by atoms with E-state index in [4.69, 9.17) is 9.84 Å². The van der Waals surface area contributed by atoms with Crippen molar-refractivity contribution in [2.75, 3.05) is 0 Å². The van der Waals surface area contributed by atoms with Crippen LogP contribution in [0.1, 0.15) is 13.8 Å². The summed E-state index contributed by atoms with van der Waals surface area (Å²) in [5.74, 6) is -0.429. The molecule has 0 aromatic heterocycles. The fraction of sp³-hybridized carbons (Fsp3) is 1.00. The number of rotatable bonds is 0. The Morgan fingerprint density at radius 2 is 1.55 bits per heavy atom. The first-order valence-corrected chi connectivity index (χ1v) is 3.73. The molecular weight excluding hydrogens is 148 g/mol.